The number of aldehydes is 1. The second kappa shape index (κ2) is 9.55. The summed E-state index contributed by atoms with van der Waals surface area (Å²) in [4.78, 5) is 11.1. The van der Waals surface area contributed by atoms with Crippen LogP contribution in [0.4, 0.5) is 0 Å². The van der Waals surface area contributed by atoms with Crippen molar-refractivity contribution in [2.24, 2.45) is 16.7 Å². The fraction of sp³-hybridized carbons (Fsp3) is 0.696. The summed E-state index contributed by atoms with van der Waals surface area (Å²) in [6.07, 6.45) is 2.22. The highest BCUT2D eigenvalue weighted by atomic mass is 16.7. The zero-order valence-electron chi connectivity index (χ0n) is 18.0. The molecular weight excluding hydrogens is 324 g/mol. The van der Waals surface area contributed by atoms with Crippen LogP contribution in [0.2, 0.25) is 0 Å². The van der Waals surface area contributed by atoms with Crippen LogP contribution >= 0.6 is 0 Å². The van der Waals surface area contributed by atoms with Crippen LogP contribution in [0.3, 0.4) is 0 Å². The van der Waals surface area contributed by atoms with Gasteiger partial charge in [-0.3, -0.25) is 0 Å². The van der Waals surface area contributed by atoms with E-state index >= 15 is 0 Å². The van der Waals surface area contributed by atoms with E-state index in [1.807, 2.05) is 32.9 Å². The second-order valence-corrected chi connectivity index (χ2v) is 9.09. The predicted octanol–water partition coefficient (Wildman–Crippen LogP) is 6.22. The zero-order chi connectivity index (χ0) is 20.0. The highest BCUT2D eigenvalue weighted by Crippen LogP contribution is 2.41. The molecule has 0 heterocycles. The third-order valence-electron chi connectivity index (χ3n) is 5.26. The molecule has 0 radical (unpaired) electrons. The van der Waals surface area contributed by atoms with Gasteiger partial charge in [0.2, 0.25) is 0 Å². The van der Waals surface area contributed by atoms with E-state index in [1.165, 1.54) is 5.56 Å². The SMILES string of the molecule is CCC(C)(C=O)CCOC(C)Oc1ccc(C(C(C)C)C(C)(C)C)cc1. The highest BCUT2D eigenvalue weighted by Gasteiger charge is 2.29. The van der Waals surface area contributed by atoms with Gasteiger partial charge in [-0.15, -0.1) is 0 Å². The van der Waals surface area contributed by atoms with E-state index in [4.69, 9.17) is 9.47 Å². The molecule has 0 saturated heterocycles. The summed E-state index contributed by atoms with van der Waals surface area (Å²) in [6.45, 7) is 17.8. The van der Waals surface area contributed by atoms with Crippen LogP contribution in [0.25, 0.3) is 0 Å². The molecule has 0 spiro atoms. The first-order valence-corrected chi connectivity index (χ1v) is 9.87. The monoisotopic (exact) mass is 362 g/mol. The molecule has 0 aromatic heterocycles. The Hall–Kier alpha value is -1.35. The van der Waals surface area contributed by atoms with Gasteiger partial charge in [-0.2, -0.15) is 0 Å². The first kappa shape index (κ1) is 22.7. The Balaban J connectivity index is 2.62. The van der Waals surface area contributed by atoms with Crippen molar-refractivity contribution >= 4 is 6.29 Å². The van der Waals surface area contributed by atoms with Crippen LogP contribution in [-0.2, 0) is 9.53 Å². The number of hydrogen-bond donors (Lipinski definition) is 0. The Morgan fingerprint density at radius 2 is 1.62 bits per heavy atom. The lowest BCUT2D eigenvalue weighted by Crippen LogP contribution is -2.24. The predicted molar refractivity (Wildman–Crippen MR) is 109 cm³/mol. The molecule has 0 N–H and O–H groups in total. The van der Waals surface area contributed by atoms with Crippen LogP contribution in [0.15, 0.2) is 24.3 Å². The van der Waals surface area contributed by atoms with Crippen LogP contribution in [0.1, 0.15) is 79.7 Å². The molecule has 0 bridgehead atoms. The maximum absolute atomic E-state index is 11.1. The molecule has 0 fully saturated rings. The minimum Gasteiger partial charge on any atom is -0.465 e. The zero-order valence-corrected chi connectivity index (χ0v) is 18.0. The first-order valence-electron chi connectivity index (χ1n) is 9.87. The summed E-state index contributed by atoms with van der Waals surface area (Å²) in [5.74, 6) is 1.89. The van der Waals surface area contributed by atoms with E-state index in [0.717, 1.165) is 18.5 Å². The molecular formula is C23H38O3. The molecule has 3 nitrogen and oxygen atoms in total. The normalized spacial score (nSPS) is 16.8. The number of ether oxygens (including phenoxy) is 2. The molecule has 3 heteroatoms. The minimum absolute atomic E-state index is 0.220. The molecule has 0 saturated carbocycles. The Kier molecular flexibility index (Phi) is 8.33. The van der Waals surface area contributed by atoms with E-state index in [2.05, 4.69) is 46.8 Å². The van der Waals surface area contributed by atoms with Crippen LogP contribution in [0, 0.1) is 16.7 Å². The topological polar surface area (TPSA) is 35.5 Å². The molecule has 0 amide bonds. The van der Waals surface area contributed by atoms with Crippen molar-refractivity contribution < 1.29 is 14.3 Å². The number of hydrogen-bond acceptors (Lipinski definition) is 3. The maximum atomic E-state index is 11.1. The van der Waals surface area contributed by atoms with Crippen LogP contribution < -0.4 is 4.74 Å². The fourth-order valence-electron chi connectivity index (χ4n) is 3.64. The molecule has 0 aliphatic rings. The number of carbonyl (C=O) groups is 1. The lowest BCUT2D eigenvalue weighted by molar-refractivity contribution is -0.119. The van der Waals surface area contributed by atoms with Crippen LogP contribution in [-0.4, -0.2) is 19.2 Å². The molecule has 3 atom stereocenters. The van der Waals surface area contributed by atoms with Crippen molar-refractivity contribution in [2.45, 2.75) is 80.4 Å². The Morgan fingerprint density at radius 3 is 2.04 bits per heavy atom. The van der Waals surface area contributed by atoms with Crippen molar-refractivity contribution in [3.8, 4) is 5.75 Å². The van der Waals surface area contributed by atoms with E-state index in [-0.39, 0.29) is 17.1 Å². The Morgan fingerprint density at radius 1 is 1.04 bits per heavy atom. The molecule has 1 aromatic rings. The van der Waals surface area contributed by atoms with Gasteiger partial charge in [-0.25, -0.2) is 0 Å². The number of benzene rings is 1. The van der Waals surface area contributed by atoms with Gasteiger partial charge in [0.1, 0.15) is 12.0 Å². The maximum Gasteiger partial charge on any atom is 0.196 e. The van der Waals surface area contributed by atoms with Gasteiger partial charge in [0.25, 0.3) is 0 Å². The Labute approximate surface area is 160 Å². The van der Waals surface area contributed by atoms with Crippen molar-refractivity contribution in [1.29, 1.82) is 0 Å². The number of carbonyl (C=O) groups excluding carboxylic acids is 1. The average Bonchev–Trinajstić information content (AvgIpc) is 2.54. The van der Waals surface area contributed by atoms with Gasteiger partial charge in [0.05, 0.1) is 6.61 Å². The Bertz CT molecular complexity index is 542. The van der Waals surface area contributed by atoms with Gasteiger partial charge in [-0.05, 0) is 54.7 Å². The molecule has 3 unspecified atom stereocenters. The molecule has 148 valence electrons. The third-order valence-corrected chi connectivity index (χ3v) is 5.26. The van der Waals surface area contributed by atoms with Gasteiger partial charge in [0, 0.05) is 5.41 Å². The minimum atomic E-state index is -0.336. The molecule has 1 aromatic carbocycles. The van der Waals surface area contributed by atoms with Crippen molar-refractivity contribution in [3.05, 3.63) is 29.8 Å². The van der Waals surface area contributed by atoms with Crippen LogP contribution in [0.5, 0.6) is 5.75 Å². The molecule has 26 heavy (non-hydrogen) atoms. The van der Waals surface area contributed by atoms with Gasteiger partial charge >= 0.3 is 0 Å². The van der Waals surface area contributed by atoms with Gasteiger partial charge < -0.3 is 14.3 Å². The first-order chi connectivity index (χ1) is 12.0. The summed E-state index contributed by atoms with van der Waals surface area (Å²) < 4.78 is 11.6. The summed E-state index contributed by atoms with van der Waals surface area (Å²) in [7, 11) is 0. The van der Waals surface area contributed by atoms with E-state index < -0.39 is 0 Å². The van der Waals surface area contributed by atoms with E-state index in [9.17, 15) is 4.79 Å². The summed E-state index contributed by atoms with van der Waals surface area (Å²) in [5.41, 5.74) is 1.26. The quantitative estimate of drug-likeness (QED) is 0.366. The van der Waals surface area contributed by atoms with E-state index in [0.29, 0.717) is 24.9 Å². The lowest BCUT2D eigenvalue weighted by atomic mass is 9.70. The highest BCUT2D eigenvalue weighted by molar-refractivity contribution is 5.58. The average molecular weight is 363 g/mol. The summed E-state index contributed by atoms with van der Waals surface area (Å²) >= 11 is 0. The van der Waals surface area contributed by atoms with Crippen molar-refractivity contribution in [2.75, 3.05) is 6.61 Å². The molecule has 0 aliphatic carbocycles. The smallest absolute Gasteiger partial charge is 0.196 e. The van der Waals surface area contributed by atoms with Crippen molar-refractivity contribution in [3.63, 3.8) is 0 Å². The second-order valence-electron chi connectivity index (χ2n) is 9.09. The number of rotatable bonds is 10. The largest absolute Gasteiger partial charge is 0.465 e. The van der Waals surface area contributed by atoms with Gasteiger partial charge in [-0.1, -0.05) is 60.6 Å². The van der Waals surface area contributed by atoms with Crippen molar-refractivity contribution in [1.82, 2.24) is 0 Å². The third kappa shape index (κ3) is 6.75. The summed E-state index contributed by atoms with van der Waals surface area (Å²) in [6, 6.07) is 8.38. The molecule has 0 aliphatic heterocycles. The lowest BCUT2D eigenvalue weighted by Gasteiger charge is -2.34. The van der Waals surface area contributed by atoms with E-state index in [1.54, 1.807) is 0 Å². The molecule has 1 rings (SSSR count). The van der Waals surface area contributed by atoms with Gasteiger partial charge in [0.15, 0.2) is 6.29 Å². The standard InChI is InChI=1S/C23H38O3/c1-9-23(8,16-24)14-15-25-18(4)26-20-12-10-19(11-13-20)21(17(2)3)22(5,6)7/h10-13,16-18,21H,9,14-15H2,1-8H3. The summed E-state index contributed by atoms with van der Waals surface area (Å²) in [5, 5.41) is 0. The fourth-order valence-corrected chi connectivity index (χ4v) is 3.64.